The molecule has 8 rings (SSSR count). The molecule has 0 N–H and O–H groups in total. The summed E-state index contributed by atoms with van der Waals surface area (Å²) >= 11 is 0. The molecule has 6 atom stereocenters. The van der Waals surface area contributed by atoms with Crippen LogP contribution >= 0.6 is 0 Å². The van der Waals surface area contributed by atoms with Crippen molar-refractivity contribution in [2.45, 2.75) is 38.0 Å². The van der Waals surface area contributed by atoms with Crippen molar-refractivity contribution in [3.8, 4) is 0 Å². The van der Waals surface area contributed by atoms with Gasteiger partial charge in [-0.3, -0.25) is 19.2 Å². The first-order valence-corrected chi connectivity index (χ1v) is 15.1. The Bertz CT molecular complexity index is 1770. The van der Waals surface area contributed by atoms with Gasteiger partial charge in [0.05, 0.1) is 35.3 Å². The van der Waals surface area contributed by atoms with Gasteiger partial charge in [-0.25, -0.2) is 28.6 Å². The first-order chi connectivity index (χ1) is 22.2. The largest absolute Gasteiger partial charge is 0.274 e. The van der Waals surface area contributed by atoms with E-state index in [2.05, 4.69) is 0 Å². The number of benzene rings is 4. The number of hydrogen-bond donors (Lipinski definition) is 0. The fourth-order valence-electron chi connectivity index (χ4n) is 7.71. The highest BCUT2D eigenvalue weighted by Crippen LogP contribution is 2.59. The van der Waals surface area contributed by atoms with Crippen LogP contribution in [0.15, 0.2) is 97.1 Å². The Balaban J connectivity index is 1.32. The summed E-state index contributed by atoms with van der Waals surface area (Å²) in [5, 5.41) is 3.58. The van der Waals surface area contributed by atoms with Crippen LogP contribution in [-0.4, -0.2) is 45.7 Å². The Kier molecular flexibility index (Phi) is 6.32. The highest BCUT2D eigenvalue weighted by Gasteiger charge is 2.73. The molecule has 4 saturated heterocycles. The SMILES string of the molecule is Cc1ccc(C2C3C(=O)N(c4ccc(F)cc4)C(=O)C3N3C(c4ccc(C)cc4)C4C(=O)N(c5ccc(F)cc5)C(=O)C4N23)cc1. The topological polar surface area (TPSA) is 81.2 Å². The molecule has 6 unspecified atom stereocenters. The number of imide groups is 2. The minimum Gasteiger partial charge on any atom is -0.274 e. The number of carbonyl (C=O) groups excluding carboxylic acids is 4. The maximum atomic E-state index is 14.4. The molecule has 0 aromatic heterocycles. The lowest BCUT2D eigenvalue weighted by Gasteiger charge is -2.35. The lowest BCUT2D eigenvalue weighted by Crippen LogP contribution is -2.50. The van der Waals surface area contributed by atoms with E-state index in [0.717, 1.165) is 20.9 Å². The number of anilines is 2. The zero-order valence-electron chi connectivity index (χ0n) is 24.9. The van der Waals surface area contributed by atoms with Gasteiger partial charge in [-0.2, -0.15) is 0 Å². The average molecular weight is 619 g/mol. The minimum absolute atomic E-state index is 0.251. The van der Waals surface area contributed by atoms with Gasteiger partial charge in [0, 0.05) is 0 Å². The molecule has 10 heteroatoms. The number of carbonyl (C=O) groups is 4. The Hall–Kier alpha value is -5.06. The maximum Gasteiger partial charge on any atom is 0.253 e. The molecule has 0 spiro atoms. The van der Waals surface area contributed by atoms with Crippen molar-refractivity contribution < 1.29 is 28.0 Å². The second-order valence-corrected chi connectivity index (χ2v) is 12.4. The number of fused-ring (bicyclic) bond motifs is 5. The Morgan fingerprint density at radius 3 is 1.09 bits per heavy atom. The zero-order valence-corrected chi connectivity index (χ0v) is 24.9. The number of hydrogen-bond acceptors (Lipinski definition) is 6. The smallest absolute Gasteiger partial charge is 0.253 e. The van der Waals surface area contributed by atoms with Crippen LogP contribution in [0.25, 0.3) is 0 Å². The normalized spacial score (nSPS) is 27.5. The summed E-state index contributed by atoms with van der Waals surface area (Å²) in [4.78, 5) is 59.8. The molecule has 230 valence electrons. The number of nitrogens with zero attached hydrogens (tertiary/aromatic N) is 4. The van der Waals surface area contributed by atoms with Gasteiger partial charge >= 0.3 is 0 Å². The Morgan fingerprint density at radius 1 is 0.435 bits per heavy atom. The second-order valence-electron chi connectivity index (χ2n) is 12.4. The fourth-order valence-corrected chi connectivity index (χ4v) is 7.71. The second kappa shape index (κ2) is 10.2. The molecule has 0 radical (unpaired) electrons. The van der Waals surface area contributed by atoms with Crippen LogP contribution in [0.4, 0.5) is 20.2 Å². The number of aryl methyl sites for hydroxylation is 2. The van der Waals surface area contributed by atoms with Gasteiger partial charge in [0.15, 0.2) is 0 Å². The lowest BCUT2D eigenvalue weighted by atomic mass is 9.84. The summed E-state index contributed by atoms with van der Waals surface area (Å²) in [5.41, 5.74) is 3.91. The first kappa shape index (κ1) is 28.4. The van der Waals surface area contributed by atoms with Crippen LogP contribution in [0.3, 0.4) is 0 Å². The van der Waals surface area contributed by atoms with E-state index < -0.39 is 71.3 Å². The van der Waals surface area contributed by atoms with Crippen LogP contribution in [0.5, 0.6) is 0 Å². The van der Waals surface area contributed by atoms with Gasteiger partial charge in [-0.1, -0.05) is 59.7 Å². The summed E-state index contributed by atoms with van der Waals surface area (Å²) < 4.78 is 27.7. The third-order valence-corrected chi connectivity index (χ3v) is 9.73. The molecule has 4 aliphatic heterocycles. The summed E-state index contributed by atoms with van der Waals surface area (Å²) in [6.45, 7) is 3.88. The van der Waals surface area contributed by atoms with Gasteiger partial charge in [-0.05, 0) is 73.5 Å². The molecule has 4 fully saturated rings. The summed E-state index contributed by atoms with van der Waals surface area (Å²) in [6.07, 6.45) is 0. The summed E-state index contributed by atoms with van der Waals surface area (Å²) in [5.74, 6) is -4.78. The predicted molar refractivity (Wildman–Crippen MR) is 164 cm³/mol. The van der Waals surface area contributed by atoms with E-state index in [1.807, 2.05) is 62.4 Å². The van der Waals surface area contributed by atoms with E-state index >= 15 is 0 Å². The van der Waals surface area contributed by atoms with Crippen molar-refractivity contribution >= 4 is 35.0 Å². The molecule has 4 aromatic rings. The third kappa shape index (κ3) is 3.96. The zero-order chi connectivity index (χ0) is 32.0. The van der Waals surface area contributed by atoms with Crippen molar-refractivity contribution in [1.82, 2.24) is 10.0 Å². The molecule has 4 aliphatic rings. The van der Waals surface area contributed by atoms with Crippen LogP contribution in [0.2, 0.25) is 0 Å². The highest BCUT2D eigenvalue weighted by atomic mass is 19.1. The van der Waals surface area contributed by atoms with Crippen molar-refractivity contribution in [2.24, 2.45) is 11.8 Å². The Morgan fingerprint density at radius 2 is 0.761 bits per heavy atom. The minimum atomic E-state index is -1.03. The molecule has 0 saturated carbocycles. The number of hydrazine groups is 1. The van der Waals surface area contributed by atoms with Crippen molar-refractivity contribution in [3.63, 3.8) is 0 Å². The van der Waals surface area contributed by atoms with E-state index in [-0.39, 0.29) is 11.4 Å². The Labute approximate surface area is 263 Å². The van der Waals surface area contributed by atoms with Crippen molar-refractivity contribution in [3.05, 3.63) is 131 Å². The third-order valence-electron chi connectivity index (χ3n) is 9.73. The molecule has 4 aromatic carbocycles. The van der Waals surface area contributed by atoms with E-state index in [4.69, 9.17) is 0 Å². The summed E-state index contributed by atoms with van der Waals surface area (Å²) in [7, 11) is 0. The maximum absolute atomic E-state index is 14.4. The van der Waals surface area contributed by atoms with Gasteiger partial charge in [0.1, 0.15) is 23.7 Å². The lowest BCUT2D eigenvalue weighted by molar-refractivity contribution is -0.136. The van der Waals surface area contributed by atoms with Crippen LogP contribution in [-0.2, 0) is 19.2 Å². The van der Waals surface area contributed by atoms with Crippen molar-refractivity contribution in [1.29, 1.82) is 0 Å². The highest BCUT2D eigenvalue weighted by molar-refractivity contribution is 6.26. The number of rotatable bonds is 4. The van der Waals surface area contributed by atoms with Gasteiger partial charge < -0.3 is 0 Å². The first-order valence-electron chi connectivity index (χ1n) is 15.1. The molecular formula is C36H28F2N4O4. The summed E-state index contributed by atoms with van der Waals surface area (Å²) in [6, 6.07) is 22.0. The van der Waals surface area contributed by atoms with Crippen LogP contribution in [0.1, 0.15) is 34.3 Å². The predicted octanol–water partition coefficient (Wildman–Crippen LogP) is 5.03. The van der Waals surface area contributed by atoms with Crippen LogP contribution in [0, 0.1) is 37.3 Å². The van der Waals surface area contributed by atoms with E-state index in [1.54, 1.807) is 10.0 Å². The molecule has 46 heavy (non-hydrogen) atoms. The molecule has 4 heterocycles. The van der Waals surface area contributed by atoms with E-state index in [1.165, 1.54) is 48.5 Å². The van der Waals surface area contributed by atoms with Crippen molar-refractivity contribution in [2.75, 3.05) is 9.80 Å². The molecular weight excluding hydrogens is 590 g/mol. The quantitative estimate of drug-likeness (QED) is 0.299. The number of halogens is 2. The molecule has 4 amide bonds. The molecule has 8 nitrogen and oxygen atoms in total. The van der Waals surface area contributed by atoms with Gasteiger partial charge in [-0.15, -0.1) is 0 Å². The molecule has 0 bridgehead atoms. The van der Waals surface area contributed by atoms with E-state index in [0.29, 0.717) is 11.1 Å². The average Bonchev–Trinajstić information content (AvgIpc) is 3.71. The van der Waals surface area contributed by atoms with E-state index in [9.17, 15) is 28.0 Å². The molecule has 0 aliphatic carbocycles. The monoisotopic (exact) mass is 618 g/mol. The van der Waals surface area contributed by atoms with Crippen LogP contribution < -0.4 is 9.80 Å². The standard InChI is InChI=1S/C36H28F2N4O4/c1-19-3-7-21(8-4-19)29-27-31(35(45)39(33(27)43)25-15-11-23(37)12-16-25)42-30(22-9-5-20(2)6-10-22)28-32(41(29)42)36(46)40(34(28)44)26-17-13-24(38)14-18-26/h3-18,27-32H,1-2H3. The fraction of sp³-hybridized carbons (Fsp3) is 0.222. The van der Waals surface area contributed by atoms with Gasteiger partial charge in [0.25, 0.3) is 11.8 Å². The number of amides is 4. The van der Waals surface area contributed by atoms with Gasteiger partial charge in [0.2, 0.25) is 11.8 Å².